The van der Waals surface area contributed by atoms with Gasteiger partial charge in [0, 0.05) is 51.5 Å². The largest absolute Gasteiger partial charge is 0.355 e. The number of carbonyl (C=O) groups is 1. The highest BCUT2D eigenvalue weighted by Gasteiger charge is 2.32. The van der Waals surface area contributed by atoms with Gasteiger partial charge in [-0.05, 0) is 72.2 Å². The maximum absolute atomic E-state index is 11.8. The lowest BCUT2D eigenvalue weighted by molar-refractivity contribution is 0.0744. The fourth-order valence-electron chi connectivity index (χ4n) is 4.76. The number of pyridine rings is 1. The first-order valence-corrected chi connectivity index (χ1v) is 13.1. The number of likely N-dealkylation sites (tertiary alicyclic amines) is 1. The molecule has 2 fully saturated rings. The second kappa shape index (κ2) is 14.4. The van der Waals surface area contributed by atoms with Crippen LogP contribution in [0.5, 0.6) is 0 Å². The number of nitrogens with one attached hydrogen (secondary N) is 1. The molecule has 1 amide bonds. The number of nitrogens with zero attached hydrogens (tertiary/aromatic N) is 4. The second-order valence-corrected chi connectivity index (χ2v) is 9.82. The molecule has 1 aromatic rings. The van der Waals surface area contributed by atoms with Crippen LogP contribution in [-0.2, 0) is 0 Å². The Morgan fingerprint density at radius 1 is 1.20 bits per heavy atom. The zero-order valence-electron chi connectivity index (χ0n) is 22.5. The van der Waals surface area contributed by atoms with Crippen LogP contribution in [0.2, 0.25) is 5.02 Å². The second-order valence-electron chi connectivity index (χ2n) is 9.41. The minimum absolute atomic E-state index is 0.171. The van der Waals surface area contributed by atoms with E-state index in [9.17, 15) is 4.79 Å². The third-order valence-electron chi connectivity index (χ3n) is 6.94. The lowest BCUT2D eigenvalue weighted by Gasteiger charge is -2.47. The van der Waals surface area contributed by atoms with Crippen LogP contribution in [0.1, 0.15) is 57.8 Å². The number of anilines is 1. The van der Waals surface area contributed by atoms with Crippen molar-refractivity contribution in [2.24, 2.45) is 0 Å². The summed E-state index contributed by atoms with van der Waals surface area (Å²) in [6.07, 6.45) is 10.2. The highest BCUT2D eigenvalue weighted by atomic mass is 35.5. The van der Waals surface area contributed by atoms with E-state index in [0.29, 0.717) is 22.7 Å². The number of piperidine rings is 1. The molecule has 1 N–H and O–H groups in total. The first-order chi connectivity index (χ1) is 16.7. The summed E-state index contributed by atoms with van der Waals surface area (Å²) in [4.78, 5) is 23.8. The molecule has 2 aliphatic rings. The number of piperazine rings is 1. The molecule has 194 valence electrons. The summed E-state index contributed by atoms with van der Waals surface area (Å²) in [6.45, 7) is 20.7. The summed E-state index contributed by atoms with van der Waals surface area (Å²) in [6, 6.07) is 2.77. The van der Waals surface area contributed by atoms with Crippen LogP contribution in [-0.4, -0.2) is 79.1 Å². The molecule has 6 nitrogen and oxygen atoms in total. The fourth-order valence-corrected chi connectivity index (χ4v) is 5.05. The normalized spacial score (nSPS) is 20.5. The van der Waals surface area contributed by atoms with Crippen LogP contribution in [0.25, 0.3) is 0 Å². The molecule has 1 atom stereocenters. The molecular weight excluding hydrogens is 458 g/mol. The minimum atomic E-state index is -0.171. The van der Waals surface area contributed by atoms with Crippen LogP contribution < -0.4 is 10.2 Å². The molecule has 0 spiro atoms. The molecule has 2 aliphatic heterocycles. The van der Waals surface area contributed by atoms with Gasteiger partial charge in [-0.15, -0.1) is 0 Å². The van der Waals surface area contributed by atoms with Gasteiger partial charge in [-0.3, -0.25) is 14.6 Å². The van der Waals surface area contributed by atoms with Gasteiger partial charge in [0.25, 0.3) is 5.91 Å². The Kier molecular flexibility index (Phi) is 12.0. The third-order valence-corrected chi connectivity index (χ3v) is 7.22. The minimum Gasteiger partial charge on any atom is -0.355 e. The van der Waals surface area contributed by atoms with Crippen molar-refractivity contribution in [1.82, 2.24) is 20.1 Å². The lowest BCUT2D eigenvalue weighted by atomic mass is 9.98. The Hall–Kier alpha value is -2.15. The van der Waals surface area contributed by atoms with Crippen molar-refractivity contribution in [3.05, 3.63) is 58.8 Å². The van der Waals surface area contributed by atoms with Crippen LogP contribution in [0.15, 0.2) is 48.2 Å². The zero-order valence-corrected chi connectivity index (χ0v) is 23.2. The topological polar surface area (TPSA) is 51.7 Å². The molecule has 0 saturated carbocycles. The quantitative estimate of drug-likeness (QED) is 0.430. The Balaban J connectivity index is 0.00000100. The fraction of sp³-hybridized carbons (Fsp3) is 0.571. The molecule has 2 saturated heterocycles. The Bertz CT molecular complexity index is 901. The lowest BCUT2D eigenvalue weighted by Crippen LogP contribution is -2.57. The summed E-state index contributed by atoms with van der Waals surface area (Å²) in [7, 11) is 1.61. The summed E-state index contributed by atoms with van der Waals surface area (Å²) >= 11 is 6.47. The number of amides is 1. The predicted octanol–water partition coefficient (Wildman–Crippen LogP) is 5.17. The van der Waals surface area contributed by atoms with E-state index in [0.717, 1.165) is 45.1 Å². The van der Waals surface area contributed by atoms with Crippen molar-refractivity contribution in [1.29, 1.82) is 0 Å². The van der Waals surface area contributed by atoms with E-state index in [1.807, 2.05) is 26.0 Å². The van der Waals surface area contributed by atoms with Gasteiger partial charge in [0.1, 0.15) is 5.82 Å². The average Bonchev–Trinajstić information content (AvgIpc) is 2.87. The van der Waals surface area contributed by atoms with Gasteiger partial charge >= 0.3 is 0 Å². The van der Waals surface area contributed by atoms with Gasteiger partial charge in [0.15, 0.2) is 0 Å². The van der Waals surface area contributed by atoms with E-state index in [2.05, 4.69) is 58.4 Å². The van der Waals surface area contributed by atoms with Crippen molar-refractivity contribution in [3.63, 3.8) is 0 Å². The molecule has 0 radical (unpaired) electrons. The molecule has 3 rings (SSSR count). The van der Waals surface area contributed by atoms with E-state index in [-0.39, 0.29) is 5.91 Å². The van der Waals surface area contributed by atoms with Crippen molar-refractivity contribution >= 4 is 23.3 Å². The first-order valence-electron chi connectivity index (χ1n) is 12.7. The Morgan fingerprint density at radius 3 is 2.34 bits per heavy atom. The smallest absolute Gasteiger partial charge is 0.252 e. The van der Waals surface area contributed by atoms with Gasteiger partial charge < -0.3 is 10.2 Å². The average molecular weight is 502 g/mol. The summed E-state index contributed by atoms with van der Waals surface area (Å²) < 4.78 is 0. The number of allylic oxidation sites excluding steroid dienone is 3. The molecule has 0 aliphatic carbocycles. The molecule has 0 bridgehead atoms. The van der Waals surface area contributed by atoms with E-state index in [4.69, 9.17) is 11.6 Å². The van der Waals surface area contributed by atoms with Gasteiger partial charge in [-0.2, -0.15) is 0 Å². The van der Waals surface area contributed by atoms with Crippen LogP contribution >= 0.6 is 11.6 Å². The summed E-state index contributed by atoms with van der Waals surface area (Å²) in [5.74, 6) is 0.601. The van der Waals surface area contributed by atoms with Crippen molar-refractivity contribution in [2.45, 2.75) is 59.5 Å². The number of halogens is 1. The molecule has 3 heterocycles. The van der Waals surface area contributed by atoms with Gasteiger partial charge in [0.05, 0.1) is 10.6 Å². The van der Waals surface area contributed by atoms with Crippen molar-refractivity contribution < 1.29 is 4.79 Å². The standard InChI is InChI=1S/C24H36ClN5O.C4H8/c1-6-19(17(2)3)16-28-9-7-21(8-10-28)30-12-11-29(15-18(30)4)23-22(25)13-20(14-27-23)24(31)26-5;1-3-4-2/h6,13-14,18,21H,2,7-12,15-16H2,1,3-5H3,(H,26,31);3-4H,1-2H3/b19-6+;4-3-. The van der Waals surface area contributed by atoms with E-state index < -0.39 is 0 Å². The van der Waals surface area contributed by atoms with Gasteiger partial charge in [-0.25, -0.2) is 4.98 Å². The number of hydrogen-bond acceptors (Lipinski definition) is 5. The van der Waals surface area contributed by atoms with Crippen molar-refractivity contribution in [2.75, 3.05) is 51.2 Å². The number of rotatable bonds is 6. The van der Waals surface area contributed by atoms with E-state index in [1.165, 1.54) is 24.0 Å². The molecule has 35 heavy (non-hydrogen) atoms. The van der Waals surface area contributed by atoms with Crippen LogP contribution in [0.4, 0.5) is 5.82 Å². The van der Waals surface area contributed by atoms with Crippen LogP contribution in [0, 0.1) is 0 Å². The van der Waals surface area contributed by atoms with Gasteiger partial charge in [0.2, 0.25) is 0 Å². The SMILES string of the molecule is C/C=C\C.C=C(C)/C(=C/C)CN1CCC(N2CCN(c3ncc(C(=O)NC)cc3Cl)CC2C)CC1. The first kappa shape index (κ1) is 29.1. The molecule has 1 aromatic heterocycles. The number of aromatic nitrogens is 1. The van der Waals surface area contributed by atoms with Crippen LogP contribution in [0.3, 0.4) is 0 Å². The monoisotopic (exact) mass is 501 g/mol. The highest BCUT2D eigenvalue weighted by molar-refractivity contribution is 6.33. The Labute approximate surface area is 217 Å². The van der Waals surface area contributed by atoms with Gasteiger partial charge in [-0.1, -0.05) is 42.0 Å². The van der Waals surface area contributed by atoms with E-state index in [1.54, 1.807) is 19.3 Å². The highest BCUT2D eigenvalue weighted by Crippen LogP contribution is 2.29. The maximum Gasteiger partial charge on any atom is 0.252 e. The summed E-state index contributed by atoms with van der Waals surface area (Å²) in [5.41, 5.74) is 3.01. The maximum atomic E-state index is 11.8. The Morgan fingerprint density at radius 2 is 1.86 bits per heavy atom. The summed E-state index contributed by atoms with van der Waals surface area (Å²) in [5, 5.41) is 3.14. The number of hydrogen-bond donors (Lipinski definition) is 1. The predicted molar refractivity (Wildman–Crippen MR) is 150 cm³/mol. The zero-order chi connectivity index (χ0) is 26.0. The van der Waals surface area contributed by atoms with Crippen molar-refractivity contribution in [3.8, 4) is 0 Å². The third kappa shape index (κ3) is 8.19. The molecule has 0 aromatic carbocycles. The molecule has 7 heteroatoms. The van der Waals surface area contributed by atoms with E-state index >= 15 is 0 Å². The number of carbonyl (C=O) groups excluding carboxylic acids is 1. The molecular formula is C28H44ClN5O. The molecule has 1 unspecified atom stereocenters.